The maximum Gasteiger partial charge on any atom is 0.254 e. The lowest BCUT2D eigenvalue weighted by Gasteiger charge is -2.10. The highest BCUT2D eigenvalue weighted by molar-refractivity contribution is 5.94. The van der Waals surface area contributed by atoms with Crippen molar-refractivity contribution in [2.24, 2.45) is 0 Å². The van der Waals surface area contributed by atoms with Gasteiger partial charge in [-0.2, -0.15) is 0 Å². The molecule has 2 rings (SSSR count). The van der Waals surface area contributed by atoms with Crippen LogP contribution in [0, 0.1) is 23.3 Å². The summed E-state index contributed by atoms with van der Waals surface area (Å²) in [4.78, 5) is 11.8. The molecule has 116 valence electrons. The topological polar surface area (TPSA) is 38.3 Å². The summed E-state index contributed by atoms with van der Waals surface area (Å²) in [5.41, 5.74) is -0.326. The number of benzene rings is 2. The van der Waals surface area contributed by atoms with Crippen LogP contribution in [0.4, 0.5) is 17.6 Å². The molecule has 0 heterocycles. The van der Waals surface area contributed by atoms with Crippen molar-refractivity contribution >= 4 is 5.91 Å². The van der Waals surface area contributed by atoms with Crippen molar-refractivity contribution in [1.29, 1.82) is 0 Å². The van der Waals surface area contributed by atoms with E-state index in [1.807, 2.05) is 0 Å². The second kappa shape index (κ2) is 6.46. The van der Waals surface area contributed by atoms with E-state index in [4.69, 9.17) is 4.74 Å². The van der Waals surface area contributed by atoms with E-state index in [1.54, 1.807) is 0 Å². The Labute approximate surface area is 123 Å². The van der Waals surface area contributed by atoms with Gasteiger partial charge in [0.1, 0.15) is 11.6 Å². The number of methoxy groups -OCH3 is 1. The molecule has 0 aliphatic heterocycles. The Morgan fingerprint density at radius 2 is 1.82 bits per heavy atom. The minimum Gasteiger partial charge on any atom is -0.496 e. The van der Waals surface area contributed by atoms with E-state index >= 15 is 0 Å². The zero-order valence-electron chi connectivity index (χ0n) is 11.4. The normalized spacial score (nSPS) is 10.4. The third kappa shape index (κ3) is 3.19. The van der Waals surface area contributed by atoms with Crippen molar-refractivity contribution in [1.82, 2.24) is 5.32 Å². The summed E-state index contributed by atoms with van der Waals surface area (Å²) in [5, 5.41) is 2.29. The first-order valence-electron chi connectivity index (χ1n) is 6.18. The van der Waals surface area contributed by atoms with Crippen LogP contribution < -0.4 is 10.1 Å². The van der Waals surface area contributed by atoms with Gasteiger partial charge in [0.05, 0.1) is 12.7 Å². The van der Waals surface area contributed by atoms with Gasteiger partial charge in [0.15, 0.2) is 17.5 Å². The molecular formula is C15H11F4NO2. The molecule has 0 fully saturated rings. The molecule has 2 aromatic rings. The third-order valence-electron chi connectivity index (χ3n) is 2.96. The average Bonchev–Trinajstić information content (AvgIpc) is 2.50. The smallest absolute Gasteiger partial charge is 0.254 e. The first-order valence-corrected chi connectivity index (χ1v) is 6.18. The average molecular weight is 313 g/mol. The molecule has 0 saturated heterocycles. The van der Waals surface area contributed by atoms with Crippen LogP contribution in [0.25, 0.3) is 0 Å². The molecular weight excluding hydrogens is 302 g/mol. The first-order chi connectivity index (χ1) is 10.4. The molecule has 0 aromatic heterocycles. The second-order valence-corrected chi connectivity index (χ2v) is 4.36. The molecule has 1 N–H and O–H groups in total. The van der Waals surface area contributed by atoms with Gasteiger partial charge < -0.3 is 10.1 Å². The molecule has 0 aliphatic carbocycles. The molecule has 1 amide bonds. The van der Waals surface area contributed by atoms with E-state index in [9.17, 15) is 22.4 Å². The Morgan fingerprint density at radius 3 is 2.50 bits per heavy atom. The summed E-state index contributed by atoms with van der Waals surface area (Å²) >= 11 is 0. The summed E-state index contributed by atoms with van der Waals surface area (Å²) in [6, 6.07) is 5.16. The molecule has 0 radical (unpaired) electrons. The summed E-state index contributed by atoms with van der Waals surface area (Å²) in [6.07, 6.45) is 0. The van der Waals surface area contributed by atoms with E-state index in [0.29, 0.717) is 17.4 Å². The van der Waals surface area contributed by atoms with E-state index < -0.39 is 34.7 Å². The number of amides is 1. The maximum absolute atomic E-state index is 13.5. The van der Waals surface area contributed by atoms with Crippen molar-refractivity contribution in [3.63, 3.8) is 0 Å². The minimum atomic E-state index is -1.73. The van der Waals surface area contributed by atoms with Crippen LogP contribution in [0.2, 0.25) is 0 Å². The molecule has 2 aromatic carbocycles. The number of rotatable bonds is 4. The predicted octanol–water partition coefficient (Wildman–Crippen LogP) is 3.18. The zero-order valence-corrected chi connectivity index (χ0v) is 11.4. The van der Waals surface area contributed by atoms with Crippen LogP contribution >= 0.6 is 0 Å². The predicted molar refractivity (Wildman–Crippen MR) is 70.4 cm³/mol. The van der Waals surface area contributed by atoms with Gasteiger partial charge in [0.25, 0.3) is 5.91 Å². The molecule has 0 spiro atoms. The highest BCUT2D eigenvalue weighted by Gasteiger charge is 2.19. The van der Waals surface area contributed by atoms with Crippen molar-refractivity contribution in [3.05, 3.63) is 64.7 Å². The lowest BCUT2D eigenvalue weighted by molar-refractivity contribution is 0.0945. The SMILES string of the molecule is COc1ccc(F)cc1CNC(=O)c1ccc(F)c(F)c1F. The van der Waals surface area contributed by atoms with Crippen LogP contribution in [-0.4, -0.2) is 13.0 Å². The zero-order chi connectivity index (χ0) is 16.3. The van der Waals surface area contributed by atoms with Crippen LogP contribution in [0.1, 0.15) is 15.9 Å². The quantitative estimate of drug-likeness (QED) is 0.695. The van der Waals surface area contributed by atoms with Gasteiger partial charge in [-0.1, -0.05) is 0 Å². The molecule has 0 saturated carbocycles. The maximum atomic E-state index is 13.5. The fourth-order valence-electron chi connectivity index (χ4n) is 1.86. The fourth-order valence-corrected chi connectivity index (χ4v) is 1.86. The monoisotopic (exact) mass is 313 g/mol. The largest absolute Gasteiger partial charge is 0.496 e. The minimum absolute atomic E-state index is 0.168. The van der Waals surface area contributed by atoms with Crippen LogP contribution in [0.15, 0.2) is 30.3 Å². The van der Waals surface area contributed by atoms with Crippen molar-refractivity contribution < 1.29 is 27.1 Å². The molecule has 0 aliphatic rings. The number of hydrogen-bond acceptors (Lipinski definition) is 2. The molecule has 0 unspecified atom stereocenters. The van der Waals surface area contributed by atoms with Crippen LogP contribution in [0.3, 0.4) is 0 Å². The molecule has 0 bridgehead atoms. The van der Waals surface area contributed by atoms with Gasteiger partial charge in [-0.25, -0.2) is 17.6 Å². The molecule has 7 heteroatoms. The van der Waals surface area contributed by atoms with Gasteiger partial charge in [0.2, 0.25) is 0 Å². The Morgan fingerprint density at radius 1 is 1.09 bits per heavy atom. The molecule has 3 nitrogen and oxygen atoms in total. The number of carbonyl (C=O) groups is 1. The lowest BCUT2D eigenvalue weighted by atomic mass is 10.1. The van der Waals surface area contributed by atoms with Crippen molar-refractivity contribution in [2.75, 3.05) is 7.11 Å². The number of ether oxygens (including phenoxy) is 1. The van der Waals surface area contributed by atoms with Crippen molar-refractivity contribution in [2.45, 2.75) is 6.54 Å². The molecule has 0 atom stereocenters. The summed E-state index contributed by atoms with van der Waals surface area (Å²) in [7, 11) is 1.37. The number of hydrogen-bond donors (Lipinski definition) is 1. The summed E-state index contributed by atoms with van der Waals surface area (Å²) in [6.45, 7) is -0.168. The Kier molecular flexibility index (Phi) is 4.65. The summed E-state index contributed by atoms with van der Waals surface area (Å²) in [5.74, 6) is -5.86. The number of carbonyl (C=O) groups excluding carboxylic acids is 1. The van der Waals surface area contributed by atoms with E-state index in [0.717, 1.165) is 12.1 Å². The van der Waals surface area contributed by atoms with E-state index in [2.05, 4.69) is 5.32 Å². The lowest BCUT2D eigenvalue weighted by Crippen LogP contribution is -2.24. The Bertz CT molecular complexity index is 719. The van der Waals surface area contributed by atoms with Gasteiger partial charge in [-0.05, 0) is 30.3 Å². The van der Waals surface area contributed by atoms with Gasteiger partial charge in [-0.3, -0.25) is 4.79 Å². The number of nitrogens with one attached hydrogen (secondary N) is 1. The second-order valence-electron chi connectivity index (χ2n) is 4.36. The first kappa shape index (κ1) is 15.8. The van der Waals surface area contributed by atoms with E-state index in [-0.39, 0.29) is 6.54 Å². The Hall–Kier alpha value is -2.57. The highest BCUT2D eigenvalue weighted by Crippen LogP contribution is 2.20. The third-order valence-corrected chi connectivity index (χ3v) is 2.96. The van der Waals surface area contributed by atoms with Crippen LogP contribution in [-0.2, 0) is 6.54 Å². The van der Waals surface area contributed by atoms with Gasteiger partial charge in [-0.15, -0.1) is 0 Å². The van der Waals surface area contributed by atoms with E-state index in [1.165, 1.54) is 19.2 Å². The Balaban J connectivity index is 2.17. The standard InChI is InChI=1S/C15H11F4NO2/c1-22-12-5-2-9(16)6-8(12)7-20-15(21)10-3-4-11(17)14(19)13(10)18/h2-6H,7H2,1H3,(H,20,21). The van der Waals surface area contributed by atoms with Crippen molar-refractivity contribution in [3.8, 4) is 5.75 Å². The van der Waals surface area contributed by atoms with Gasteiger partial charge in [0, 0.05) is 12.1 Å². The fraction of sp³-hybridized carbons (Fsp3) is 0.133. The van der Waals surface area contributed by atoms with Crippen LogP contribution in [0.5, 0.6) is 5.75 Å². The molecule has 22 heavy (non-hydrogen) atoms. The summed E-state index contributed by atoms with van der Waals surface area (Å²) < 4.78 is 57.6. The number of halogens is 4. The van der Waals surface area contributed by atoms with Gasteiger partial charge >= 0.3 is 0 Å². The highest BCUT2D eigenvalue weighted by atomic mass is 19.2.